The molecule has 0 bridgehead atoms. The van der Waals surface area contributed by atoms with Gasteiger partial charge >= 0.3 is 5.97 Å². The first kappa shape index (κ1) is 8.49. The standard InChI is InChI=1S/C7H13NO3/c8-1-2-11-6-3-5(4-6)7(9)10/h5-6H,1-4,8H2,(H,9,10). The molecule has 0 aromatic heterocycles. The maximum Gasteiger partial charge on any atom is 0.306 e. The summed E-state index contributed by atoms with van der Waals surface area (Å²) >= 11 is 0. The van der Waals surface area contributed by atoms with E-state index in [2.05, 4.69) is 0 Å². The van der Waals surface area contributed by atoms with E-state index in [9.17, 15) is 4.79 Å². The monoisotopic (exact) mass is 159 g/mol. The average molecular weight is 159 g/mol. The summed E-state index contributed by atoms with van der Waals surface area (Å²) in [6, 6.07) is 0. The van der Waals surface area contributed by atoms with Crippen LogP contribution in [0.15, 0.2) is 0 Å². The van der Waals surface area contributed by atoms with Crippen molar-refractivity contribution in [3.8, 4) is 0 Å². The van der Waals surface area contributed by atoms with Crippen molar-refractivity contribution in [2.24, 2.45) is 11.7 Å². The summed E-state index contributed by atoms with van der Waals surface area (Å²) in [5.41, 5.74) is 5.21. The van der Waals surface area contributed by atoms with Gasteiger partial charge in [0.2, 0.25) is 0 Å². The van der Waals surface area contributed by atoms with E-state index in [0.29, 0.717) is 26.0 Å². The molecule has 64 valence electrons. The second-order valence-electron chi connectivity index (χ2n) is 2.79. The highest BCUT2D eigenvalue weighted by atomic mass is 16.5. The SMILES string of the molecule is NCCOC1CC(C(=O)O)C1. The normalized spacial score (nSPS) is 29.5. The third kappa shape index (κ3) is 2.17. The minimum atomic E-state index is -0.711. The Morgan fingerprint density at radius 3 is 2.73 bits per heavy atom. The number of hydrogen-bond donors (Lipinski definition) is 2. The van der Waals surface area contributed by atoms with Gasteiger partial charge in [-0.1, -0.05) is 0 Å². The molecule has 0 aromatic rings. The second kappa shape index (κ2) is 3.69. The molecule has 1 aliphatic carbocycles. The van der Waals surface area contributed by atoms with Gasteiger partial charge in [0.1, 0.15) is 0 Å². The third-order valence-electron chi connectivity index (χ3n) is 1.92. The van der Waals surface area contributed by atoms with Crippen LogP contribution < -0.4 is 5.73 Å². The Balaban J connectivity index is 2.05. The Morgan fingerprint density at radius 2 is 2.27 bits per heavy atom. The number of ether oxygens (including phenoxy) is 1. The highest BCUT2D eigenvalue weighted by Crippen LogP contribution is 2.29. The number of carboxylic acids is 1. The van der Waals surface area contributed by atoms with Crippen molar-refractivity contribution in [2.45, 2.75) is 18.9 Å². The van der Waals surface area contributed by atoms with Gasteiger partial charge < -0.3 is 15.6 Å². The summed E-state index contributed by atoms with van der Waals surface area (Å²) in [7, 11) is 0. The molecule has 0 unspecified atom stereocenters. The zero-order valence-electron chi connectivity index (χ0n) is 6.32. The quantitative estimate of drug-likeness (QED) is 0.597. The molecule has 1 saturated carbocycles. The van der Waals surface area contributed by atoms with Gasteiger partial charge in [0.15, 0.2) is 0 Å². The molecular weight excluding hydrogens is 146 g/mol. The van der Waals surface area contributed by atoms with Crippen molar-refractivity contribution >= 4 is 5.97 Å². The smallest absolute Gasteiger partial charge is 0.306 e. The lowest BCUT2D eigenvalue weighted by molar-refractivity contribution is -0.150. The Bertz CT molecular complexity index is 143. The first-order valence-corrected chi connectivity index (χ1v) is 3.78. The van der Waals surface area contributed by atoms with Crippen molar-refractivity contribution in [3.63, 3.8) is 0 Å². The highest BCUT2D eigenvalue weighted by molar-refractivity contribution is 5.71. The molecule has 11 heavy (non-hydrogen) atoms. The number of nitrogens with two attached hydrogens (primary N) is 1. The second-order valence-corrected chi connectivity index (χ2v) is 2.79. The van der Waals surface area contributed by atoms with Gasteiger partial charge in [0, 0.05) is 6.54 Å². The molecule has 0 radical (unpaired) electrons. The first-order valence-electron chi connectivity index (χ1n) is 3.78. The fraction of sp³-hybridized carbons (Fsp3) is 0.857. The Labute approximate surface area is 65.3 Å². The summed E-state index contributed by atoms with van der Waals surface area (Å²) in [6.07, 6.45) is 1.43. The largest absolute Gasteiger partial charge is 0.481 e. The van der Waals surface area contributed by atoms with Gasteiger partial charge in [0.05, 0.1) is 18.6 Å². The van der Waals surface area contributed by atoms with Crippen molar-refractivity contribution in [3.05, 3.63) is 0 Å². The number of aliphatic carboxylic acids is 1. The predicted molar refractivity (Wildman–Crippen MR) is 39.2 cm³/mol. The minimum absolute atomic E-state index is 0.139. The molecular formula is C7H13NO3. The van der Waals surface area contributed by atoms with Crippen LogP contribution in [0, 0.1) is 5.92 Å². The molecule has 4 nitrogen and oxygen atoms in total. The molecule has 1 aliphatic rings. The fourth-order valence-electron chi connectivity index (χ4n) is 1.14. The molecule has 0 aromatic carbocycles. The van der Waals surface area contributed by atoms with Gasteiger partial charge in [-0.25, -0.2) is 0 Å². The summed E-state index contributed by atoms with van der Waals surface area (Å²) < 4.78 is 5.22. The topological polar surface area (TPSA) is 72.5 Å². The van der Waals surface area contributed by atoms with Crippen LogP contribution in [0.2, 0.25) is 0 Å². The number of carbonyl (C=O) groups is 1. The molecule has 0 spiro atoms. The molecule has 0 atom stereocenters. The molecule has 3 N–H and O–H groups in total. The number of hydrogen-bond acceptors (Lipinski definition) is 3. The Morgan fingerprint density at radius 1 is 1.64 bits per heavy atom. The Hall–Kier alpha value is -0.610. The third-order valence-corrected chi connectivity index (χ3v) is 1.92. The van der Waals surface area contributed by atoms with E-state index in [0.717, 1.165) is 0 Å². The first-order chi connectivity index (χ1) is 5.24. The van der Waals surface area contributed by atoms with Gasteiger partial charge in [-0.2, -0.15) is 0 Å². The van der Waals surface area contributed by atoms with Crippen molar-refractivity contribution in [2.75, 3.05) is 13.2 Å². The van der Waals surface area contributed by atoms with E-state index in [-0.39, 0.29) is 12.0 Å². The molecule has 0 saturated heterocycles. The van der Waals surface area contributed by atoms with Gasteiger partial charge in [-0.3, -0.25) is 4.79 Å². The van der Waals surface area contributed by atoms with E-state index < -0.39 is 5.97 Å². The van der Waals surface area contributed by atoms with Gasteiger partial charge in [-0.05, 0) is 12.8 Å². The summed E-state index contributed by atoms with van der Waals surface area (Å²) in [6.45, 7) is 1.05. The summed E-state index contributed by atoms with van der Waals surface area (Å²) in [5.74, 6) is -0.893. The minimum Gasteiger partial charge on any atom is -0.481 e. The molecule has 1 rings (SSSR count). The van der Waals surface area contributed by atoms with E-state index in [4.69, 9.17) is 15.6 Å². The average Bonchev–Trinajstić information content (AvgIpc) is 1.84. The van der Waals surface area contributed by atoms with Crippen LogP contribution in [0.4, 0.5) is 0 Å². The zero-order valence-corrected chi connectivity index (χ0v) is 6.32. The molecule has 1 fully saturated rings. The summed E-state index contributed by atoms with van der Waals surface area (Å²) in [4.78, 5) is 10.3. The van der Waals surface area contributed by atoms with Crippen LogP contribution in [0.1, 0.15) is 12.8 Å². The van der Waals surface area contributed by atoms with Crippen LogP contribution in [-0.2, 0) is 9.53 Å². The van der Waals surface area contributed by atoms with Crippen molar-refractivity contribution < 1.29 is 14.6 Å². The molecule has 4 heteroatoms. The maximum absolute atomic E-state index is 10.3. The van der Waals surface area contributed by atoms with Crippen LogP contribution >= 0.6 is 0 Å². The Kier molecular flexibility index (Phi) is 2.84. The van der Waals surface area contributed by atoms with E-state index in [1.54, 1.807) is 0 Å². The highest BCUT2D eigenvalue weighted by Gasteiger charge is 2.34. The van der Waals surface area contributed by atoms with Crippen molar-refractivity contribution in [1.82, 2.24) is 0 Å². The van der Waals surface area contributed by atoms with E-state index in [1.165, 1.54) is 0 Å². The van der Waals surface area contributed by atoms with Crippen LogP contribution in [-0.4, -0.2) is 30.3 Å². The van der Waals surface area contributed by atoms with Crippen LogP contribution in [0.3, 0.4) is 0 Å². The van der Waals surface area contributed by atoms with E-state index in [1.807, 2.05) is 0 Å². The lowest BCUT2D eigenvalue weighted by atomic mass is 9.82. The van der Waals surface area contributed by atoms with Crippen LogP contribution in [0.5, 0.6) is 0 Å². The lowest BCUT2D eigenvalue weighted by Gasteiger charge is -2.31. The van der Waals surface area contributed by atoms with Crippen molar-refractivity contribution in [1.29, 1.82) is 0 Å². The predicted octanol–water partition coefficient (Wildman–Crippen LogP) is -0.175. The van der Waals surface area contributed by atoms with Crippen LogP contribution in [0.25, 0.3) is 0 Å². The molecule has 0 amide bonds. The lowest BCUT2D eigenvalue weighted by Crippen LogP contribution is -2.37. The fourth-order valence-corrected chi connectivity index (χ4v) is 1.14. The number of rotatable bonds is 4. The maximum atomic E-state index is 10.3. The summed E-state index contributed by atoms with van der Waals surface area (Å²) in [5, 5.41) is 8.50. The van der Waals surface area contributed by atoms with Gasteiger partial charge in [-0.15, -0.1) is 0 Å². The van der Waals surface area contributed by atoms with Gasteiger partial charge in [0.25, 0.3) is 0 Å². The molecule has 0 aliphatic heterocycles. The zero-order chi connectivity index (χ0) is 8.27. The number of carboxylic acid groups (broad SMARTS) is 1. The van der Waals surface area contributed by atoms with E-state index >= 15 is 0 Å². The molecule has 0 heterocycles.